The van der Waals surface area contributed by atoms with Crippen molar-refractivity contribution in [1.29, 1.82) is 0 Å². The van der Waals surface area contributed by atoms with Crippen LogP contribution in [0.5, 0.6) is 0 Å². The SMILES string of the molecule is C[C@@H]1N=C(c2ccc(F)cc2)c2cc(Cl)c(NS(C)(=O)=O)cc2-c2cn(C)c(=O)cc21. The molecule has 9 heteroatoms. The number of aliphatic imine (C=N–C) groups is 1. The first kappa shape index (κ1) is 21.3. The monoisotopic (exact) mass is 459 g/mol. The lowest BCUT2D eigenvalue weighted by atomic mass is 9.92. The van der Waals surface area contributed by atoms with Crippen molar-refractivity contribution < 1.29 is 12.8 Å². The minimum atomic E-state index is -3.57. The zero-order valence-electron chi connectivity index (χ0n) is 17.0. The van der Waals surface area contributed by atoms with Crippen molar-refractivity contribution in [3.05, 3.63) is 86.5 Å². The number of fused-ring (bicyclic) bond motifs is 3. The number of halogens is 2. The van der Waals surface area contributed by atoms with E-state index in [9.17, 15) is 17.6 Å². The zero-order chi connectivity index (χ0) is 22.5. The summed E-state index contributed by atoms with van der Waals surface area (Å²) in [6, 6.07) is 10.4. The number of anilines is 1. The number of hydrogen-bond acceptors (Lipinski definition) is 4. The molecule has 160 valence electrons. The average molecular weight is 460 g/mol. The highest BCUT2D eigenvalue weighted by molar-refractivity contribution is 7.92. The van der Waals surface area contributed by atoms with E-state index < -0.39 is 10.0 Å². The molecule has 0 fully saturated rings. The van der Waals surface area contributed by atoms with Crippen LogP contribution in [0, 0.1) is 5.82 Å². The second kappa shape index (κ2) is 7.62. The largest absolute Gasteiger partial charge is 0.318 e. The molecule has 0 radical (unpaired) electrons. The summed E-state index contributed by atoms with van der Waals surface area (Å²) in [6.45, 7) is 1.87. The van der Waals surface area contributed by atoms with Crippen molar-refractivity contribution >= 4 is 33.0 Å². The highest BCUT2D eigenvalue weighted by Gasteiger charge is 2.25. The first-order valence-corrected chi connectivity index (χ1v) is 11.7. The summed E-state index contributed by atoms with van der Waals surface area (Å²) in [5, 5.41) is 0.194. The molecular weight excluding hydrogens is 441 g/mol. The normalized spacial score (nSPS) is 15.5. The number of rotatable bonds is 3. The molecule has 1 aliphatic rings. The summed E-state index contributed by atoms with van der Waals surface area (Å²) in [6.07, 6.45) is 2.74. The van der Waals surface area contributed by atoms with Crippen LogP contribution in [0.4, 0.5) is 10.1 Å². The predicted octanol–water partition coefficient (Wildman–Crippen LogP) is 4.13. The van der Waals surface area contributed by atoms with Crippen LogP contribution in [0.3, 0.4) is 0 Å². The highest BCUT2D eigenvalue weighted by atomic mass is 35.5. The second-order valence-electron chi connectivity index (χ2n) is 7.50. The third-order valence-corrected chi connectivity index (χ3v) is 6.00. The van der Waals surface area contributed by atoms with Crippen LogP contribution in [0.25, 0.3) is 11.1 Å². The lowest BCUT2D eigenvalue weighted by molar-refractivity contribution is 0.607. The molecule has 3 aromatic rings. The third kappa shape index (κ3) is 4.13. The van der Waals surface area contributed by atoms with Gasteiger partial charge in [-0.05, 0) is 54.4 Å². The van der Waals surface area contributed by atoms with Crippen molar-refractivity contribution in [2.45, 2.75) is 13.0 Å². The number of nitrogens with one attached hydrogen (secondary N) is 1. The fourth-order valence-electron chi connectivity index (χ4n) is 3.66. The quantitative estimate of drug-likeness (QED) is 0.639. The molecule has 1 atom stereocenters. The summed E-state index contributed by atoms with van der Waals surface area (Å²) in [5.74, 6) is -0.372. The van der Waals surface area contributed by atoms with Gasteiger partial charge in [0.15, 0.2) is 0 Å². The molecule has 4 rings (SSSR count). The van der Waals surface area contributed by atoms with Crippen molar-refractivity contribution in [2.75, 3.05) is 11.0 Å². The summed E-state index contributed by atoms with van der Waals surface area (Å²) in [7, 11) is -1.93. The lowest BCUT2D eigenvalue weighted by Gasteiger charge is -2.16. The van der Waals surface area contributed by atoms with Crippen LogP contribution in [-0.4, -0.2) is 25.0 Å². The van der Waals surface area contributed by atoms with Crippen molar-refractivity contribution in [3.63, 3.8) is 0 Å². The van der Waals surface area contributed by atoms with E-state index in [2.05, 4.69) is 4.72 Å². The van der Waals surface area contributed by atoms with Gasteiger partial charge in [0.05, 0.1) is 28.7 Å². The van der Waals surface area contributed by atoms with E-state index in [-0.39, 0.29) is 28.1 Å². The summed E-state index contributed by atoms with van der Waals surface area (Å²) in [5.41, 5.74) is 4.03. The maximum atomic E-state index is 13.5. The Balaban J connectivity index is 2.07. The maximum Gasteiger partial charge on any atom is 0.250 e. The second-order valence-corrected chi connectivity index (χ2v) is 9.66. The van der Waals surface area contributed by atoms with E-state index in [4.69, 9.17) is 16.6 Å². The predicted molar refractivity (Wildman–Crippen MR) is 121 cm³/mol. The molecule has 0 aliphatic carbocycles. The molecule has 6 nitrogen and oxygen atoms in total. The lowest BCUT2D eigenvalue weighted by Crippen LogP contribution is -2.17. The Hall–Kier alpha value is -2.97. The van der Waals surface area contributed by atoms with Gasteiger partial charge in [0, 0.05) is 36.0 Å². The van der Waals surface area contributed by atoms with Gasteiger partial charge in [-0.3, -0.25) is 14.5 Å². The molecule has 2 aromatic carbocycles. The maximum absolute atomic E-state index is 13.5. The van der Waals surface area contributed by atoms with E-state index >= 15 is 0 Å². The minimum Gasteiger partial charge on any atom is -0.318 e. The Labute approximate surface area is 184 Å². The smallest absolute Gasteiger partial charge is 0.250 e. The van der Waals surface area contributed by atoms with Crippen LogP contribution in [0.1, 0.15) is 29.7 Å². The van der Waals surface area contributed by atoms with Gasteiger partial charge in [-0.2, -0.15) is 0 Å². The molecule has 1 N–H and O–H groups in total. The Morgan fingerprint density at radius 2 is 1.77 bits per heavy atom. The van der Waals surface area contributed by atoms with E-state index in [1.54, 1.807) is 37.5 Å². The van der Waals surface area contributed by atoms with Crippen LogP contribution >= 0.6 is 11.6 Å². The summed E-state index contributed by atoms with van der Waals surface area (Å²) >= 11 is 6.42. The third-order valence-electron chi connectivity index (χ3n) is 5.10. The topological polar surface area (TPSA) is 80.5 Å². The summed E-state index contributed by atoms with van der Waals surface area (Å²) < 4.78 is 41.1. The van der Waals surface area contributed by atoms with Crippen LogP contribution < -0.4 is 10.3 Å². The zero-order valence-corrected chi connectivity index (χ0v) is 18.6. The Kier molecular flexibility index (Phi) is 5.23. The molecule has 2 heterocycles. The highest BCUT2D eigenvalue weighted by Crippen LogP contribution is 2.40. The minimum absolute atomic E-state index is 0.184. The number of pyridine rings is 1. The molecule has 1 aliphatic heterocycles. The number of sulfonamides is 1. The first-order chi connectivity index (χ1) is 14.5. The fourth-order valence-corrected chi connectivity index (χ4v) is 4.49. The van der Waals surface area contributed by atoms with Crippen LogP contribution in [0.15, 0.2) is 58.4 Å². The average Bonchev–Trinajstić information content (AvgIpc) is 2.78. The standard InChI is InChI=1S/C22H19ClFN3O3S/c1-12-15-10-21(28)27(2)11-18(15)16-9-20(26-31(3,29)30)19(23)8-17(16)22(25-12)13-4-6-14(24)7-5-13/h4-12,26H,1-3H3/t12-/m0/s1. The van der Waals surface area contributed by atoms with Crippen LogP contribution in [-0.2, 0) is 17.1 Å². The molecule has 0 spiro atoms. The van der Waals surface area contributed by atoms with Crippen molar-refractivity contribution in [2.24, 2.45) is 12.0 Å². The molecule has 0 amide bonds. The first-order valence-electron chi connectivity index (χ1n) is 9.40. The van der Waals surface area contributed by atoms with Crippen molar-refractivity contribution in [3.8, 4) is 11.1 Å². The molecule has 0 unspecified atom stereocenters. The molecule has 0 bridgehead atoms. The van der Waals surface area contributed by atoms with E-state index in [1.807, 2.05) is 6.92 Å². The number of nitrogens with zero attached hydrogens (tertiary/aromatic N) is 2. The van der Waals surface area contributed by atoms with Gasteiger partial charge in [0.25, 0.3) is 5.56 Å². The molecule has 31 heavy (non-hydrogen) atoms. The molecule has 0 saturated heterocycles. The number of aromatic nitrogens is 1. The van der Waals surface area contributed by atoms with Gasteiger partial charge in [-0.1, -0.05) is 11.6 Å². The van der Waals surface area contributed by atoms with Gasteiger partial charge in [-0.15, -0.1) is 0 Å². The number of hydrogen-bond donors (Lipinski definition) is 1. The van der Waals surface area contributed by atoms with E-state index in [0.717, 1.165) is 11.8 Å². The van der Waals surface area contributed by atoms with Gasteiger partial charge in [0.1, 0.15) is 5.82 Å². The number of benzene rings is 2. The van der Waals surface area contributed by atoms with Gasteiger partial charge >= 0.3 is 0 Å². The van der Waals surface area contributed by atoms with E-state index in [0.29, 0.717) is 28.0 Å². The molecule has 0 saturated carbocycles. The molecule has 1 aromatic heterocycles. The van der Waals surface area contributed by atoms with E-state index in [1.165, 1.54) is 22.8 Å². The van der Waals surface area contributed by atoms with Crippen molar-refractivity contribution in [1.82, 2.24) is 4.57 Å². The Bertz CT molecular complexity index is 1400. The van der Waals surface area contributed by atoms with Gasteiger partial charge in [0.2, 0.25) is 10.0 Å². The van der Waals surface area contributed by atoms with Gasteiger partial charge in [-0.25, -0.2) is 12.8 Å². The van der Waals surface area contributed by atoms with Crippen LogP contribution in [0.2, 0.25) is 5.02 Å². The number of aryl methyl sites for hydroxylation is 1. The molecular formula is C22H19ClFN3O3S. The Morgan fingerprint density at radius 1 is 1.10 bits per heavy atom. The Morgan fingerprint density at radius 3 is 2.42 bits per heavy atom. The fraction of sp³-hybridized carbons (Fsp3) is 0.182. The van der Waals surface area contributed by atoms with Gasteiger partial charge < -0.3 is 4.57 Å². The summed E-state index contributed by atoms with van der Waals surface area (Å²) in [4.78, 5) is 17.1.